The molecule has 0 bridgehead atoms. The number of aliphatic hydroxyl groups excluding tert-OH is 1. The predicted octanol–water partition coefficient (Wildman–Crippen LogP) is 7.65. The van der Waals surface area contributed by atoms with Gasteiger partial charge in [-0.25, -0.2) is 0 Å². The smallest absolute Gasteiger partial charge is 0.303 e. The summed E-state index contributed by atoms with van der Waals surface area (Å²) in [5.41, 5.74) is 0.820. The van der Waals surface area contributed by atoms with Crippen LogP contribution >= 0.6 is 0 Å². The molecular formula is C36H54O7. The van der Waals surface area contributed by atoms with Gasteiger partial charge in [-0.2, -0.15) is 0 Å². The lowest BCUT2D eigenvalue weighted by Gasteiger charge is -2.57. The molecule has 3 saturated carbocycles. The molecule has 0 spiro atoms. The number of fused-ring (bicyclic) bond motifs is 6. The Kier molecular flexibility index (Phi) is 9.52. The van der Waals surface area contributed by atoms with Gasteiger partial charge in [0.1, 0.15) is 5.78 Å². The van der Waals surface area contributed by atoms with Crippen LogP contribution in [-0.4, -0.2) is 39.6 Å². The van der Waals surface area contributed by atoms with Gasteiger partial charge in [0.2, 0.25) is 17.3 Å². The third-order valence-electron chi connectivity index (χ3n) is 12.0. The van der Waals surface area contributed by atoms with Crippen LogP contribution in [-0.2, 0) is 23.9 Å². The van der Waals surface area contributed by atoms with Crippen LogP contribution in [0.4, 0.5) is 0 Å². The van der Waals surface area contributed by atoms with E-state index in [-0.39, 0.29) is 41.2 Å². The van der Waals surface area contributed by atoms with E-state index < -0.39 is 17.9 Å². The zero-order valence-electron chi connectivity index (χ0n) is 26.9. The number of aliphatic carboxylic acids is 1. The number of ketones is 2. The average Bonchev–Trinajstić information content (AvgIpc) is 3.47. The highest BCUT2D eigenvalue weighted by molar-refractivity contribution is 6.05. The number of Topliss-reactive ketones (excluding diaryl/α,β-unsaturated/α-hetero) is 1. The van der Waals surface area contributed by atoms with Gasteiger partial charge >= 0.3 is 5.97 Å². The Bertz CT molecular complexity index is 1150. The molecule has 0 aromatic carbocycles. The lowest BCUT2D eigenvalue weighted by molar-refractivity contribution is -0.143. The number of rotatable bonds is 14. The van der Waals surface area contributed by atoms with Crippen molar-refractivity contribution in [1.29, 1.82) is 0 Å². The van der Waals surface area contributed by atoms with Crippen molar-refractivity contribution in [2.45, 2.75) is 149 Å². The van der Waals surface area contributed by atoms with Crippen LogP contribution in [0.25, 0.3) is 0 Å². The van der Waals surface area contributed by atoms with Crippen LogP contribution < -0.4 is 0 Å². The van der Waals surface area contributed by atoms with Crippen molar-refractivity contribution in [3.05, 3.63) is 23.2 Å². The van der Waals surface area contributed by atoms with Gasteiger partial charge in [-0.1, -0.05) is 57.4 Å². The molecule has 4 aliphatic carbocycles. The summed E-state index contributed by atoms with van der Waals surface area (Å²) in [7, 11) is 0. The first-order valence-electron chi connectivity index (χ1n) is 17.2. The SMILES string of the molecule is CC1(C)OC2=C(O1)[C@@]1(C)C(=CC2=O)CC[C@@H]2[C@@H]1CC[C@]1(C)[C@H](C(=O)CC(O)CCCCCCCCCCC(=O)O)CC[C@@H]21. The van der Waals surface area contributed by atoms with Crippen molar-refractivity contribution in [2.24, 2.45) is 34.5 Å². The summed E-state index contributed by atoms with van der Waals surface area (Å²) in [6.45, 7) is 8.36. The molecule has 0 amide bonds. The molecule has 3 fully saturated rings. The van der Waals surface area contributed by atoms with E-state index in [0.29, 0.717) is 29.9 Å². The third kappa shape index (κ3) is 6.35. The molecule has 5 aliphatic rings. The first kappa shape index (κ1) is 32.2. The zero-order valence-corrected chi connectivity index (χ0v) is 26.9. The highest BCUT2D eigenvalue weighted by Crippen LogP contribution is 2.68. The Morgan fingerprint density at radius 2 is 1.58 bits per heavy atom. The number of carbonyl (C=O) groups is 3. The summed E-state index contributed by atoms with van der Waals surface area (Å²) in [5.74, 6) is 1.11. The van der Waals surface area contributed by atoms with Gasteiger partial charge in [-0.3, -0.25) is 14.4 Å². The van der Waals surface area contributed by atoms with E-state index in [2.05, 4.69) is 13.8 Å². The van der Waals surface area contributed by atoms with E-state index in [9.17, 15) is 19.5 Å². The van der Waals surface area contributed by atoms with Crippen molar-refractivity contribution >= 4 is 17.5 Å². The molecule has 1 heterocycles. The highest BCUT2D eigenvalue weighted by Gasteiger charge is 2.63. The topological polar surface area (TPSA) is 110 Å². The second-order valence-corrected chi connectivity index (χ2v) is 15.2. The van der Waals surface area contributed by atoms with Gasteiger partial charge < -0.3 is 19.7 Å². The molecule has 7 atom stereocenters. The summed E-state index contributed by atoms with van der Waals surface area (Å²) >= 11 is 0. The van der Waals surface area contributed by atoms with Crippen molar-refractivity contribution < 1.29 is 34.1 Å². The van der Waals surface area contributed by atoms with Gasteiger partial charge in [0, 0.05) is 32.6 Å². The van der Waals surface area contributed by atoms with E-state index in [1.165, 1.54) is 5.57 Å². The van der Waals surface area contributed by atoms with E-state index >= 15 is 0 Å². The van der Waals surface area contributed by atoms with Gasteiger partial charge in [-0.05, 0) is 87.5 Å². The molecule has 240 valence electrons. The number of allylic oxidation sites excluding steroid dienone is 2. The van der Waals surface area contributed by atoms with Crippen molar-refractivity contribution in [1.82, 2.24) is 0 Å². The number of unbranched alkanes of at least 4 members (excludes halogenated alkanes) is 7. The van der Waals surface area contributed by atoms with Crippen LogP contribution in [0.1, 0.15) is 137 Å². The van der Waals surface area contributed by atoms with Gasteiger partial charge in [0.05, 0.1) is 11.5 Å². The number of carbonyl (C=O) groups excluding carboxylic acids is 2. The quantitative estimate of drug-likeness (QED) is 0.198. The van der Waals surface area contributed by atoms with Crippen molar-refractivity contribution in [2.75, 3.05) is 0 Å². The molecule has 43 heavy (non-hydrogen) atoms. The van der Waals surface area contributed by atoms with E-state index in [4.69, 9.17) is 14.6 Å². The molecule has 7 nitrogen and oxygen atoms in total. The van der Waals surface area contributed by atoms with Crippen LogP contribution in [0.3, 0.4) is 0 Å². The summed E-state index contributed by atoms with van der Waals surface area (Å²) in [5, 5.41) is 19.5. The third-order valence-corrected chi connectivity index (χ3v) is 12.0. The first-order valence-corrected chi connectivity index (χ1v) is 17.2. The van der Waals surface area contributed by atoms with E-state index in [1.54, 1.807) is 0 Å². The maximum Gasteiger partial charge on any atom is 0.303 e. The summed E-state index contributed by atoms with van der Waals surface area (Å²) in [6.07, 6.45) is 16.6. The zero-order chi connectivity index (χ0) is 31.0. The summed E-state index contributed by atoms with van der Waals surface area (Å²) in [4.78, 5) is 37.1. The monoisotopic (exact) mass is 598 g/mol. The molecule has 7 heteroatoms. The molecule has 2 N–H and O–H groups in total. The maximum atomic E-state index is 13.6. The molecule has 0 aromatic rings. The number of ether oxygens (including phenoxy) is 2. The largest absolute Gasteiger partial charge is 0.481 e. The number of carboxylic acid groups (broad SMARTS) is 1. The standard InChI is InChI=1S/C36H54O7/c1-34(2)42-32-30(39)21-23-15-16-25-26-17-18-28(35(26,3)20-19-27(25)36(23,4)33(32)43-34)29(38)22-24(37)13-11-9-7-5-6-8-10-12-14-31(40)41/h21,24-28,37H,5-20,22H2,1-4H3,(H,40,41)/t24?,25-,26-,27-,28-,35-,36-/m0/s1. The maximum absolute atomic E-state index is 13.6. The number of hydrogen-bond donors (Lipinski definition) is 2. The fraction of sp³-hybridized carbons (Fsp3) is 0.806. The Morgan fingerprint density at radius 1 is 0.907 bits per heavy atom. The number of hydrogen-bond acceptors (Lipinski definition) is 6. The van der Waals surface area contributed by atoms with Gasteiger partial charge in [0.15, 0.2) is 5.76 Å². The molecular weight excluding hydrogens is 544 g/mol. The molecule has 0 aromatic heterocycles. The molecule has 1 aliphatic heterocycles. The van der Waals surface area contributed by atoms with Crippen LogP contribution in [0.5, 0.6) is 0 Å². The van der Waals surface area contributed by atoms with Crippen LogP contribution in [0, 0.1) is 34.5 Å². The second kappa shape index (κ2) is 12.7. The Balaban J connectivity index is 1.11. The van der Waals surface area contributed by atoms with Crippen molar-refractivity contribution in [3.8, 4) is 0 Å². The van der Waals surface area contributed by atoms with E-state index in [0.717, 1.165) is 95.7 Å². The van der Waals surface area contributed by atoms with Crippen LogP contribution in [0.2, 0.25) is 0 Å². The summed E-state index contributed by atoms with van der Waals surface area (Å²) < 4.78 is 12.4. The fourth-order valence-electron chi connectivity index (χ4n) is 9.82. The number of carboxylic acids is 1. The molecule has 0 saturated heterocycles. The molecule has 0 radical (unpaired) electrons. The summed E-state index contributed by atoms with van der Waals surface area (Å²) in [6, 6.07) is 0. The second-order valence-electron chi connectivity index (χ2n) is 15.2. The minimum atomic E-state index is -0.834. The predicted molar refractivity (Wildman–Crippen MR) is 164 cm³/mol. The lowest BCUT2D eigenvalue weighted by atomic mass is 9.47. The molecule has 1 unspecified atom stereocenters. The van der Waals surface area contributed by atoms with Crippen LogP contribution in [0.15, 0.2) is 23.2 Å². The molecule has 5 rings (SSSR count). The normalized spacial score (nSPS) is 34.7. The van der Waals surface area contributed by atoms with Crippen molar-refractivity contribution in [3.63, 3.8) is 0 Å². The number of aliphatic hydroxyl groups is 1. The lowest BCUT2D eigenvalue weighted by Crippen LogP contribution is -2.52. The highest BCUT2D eigenvalue weighted by atomic mass is 16.7. The fourth-order valence-corrected chi connectivity index (χ4v) is 9.82. The Hall–Kier alpha value is -2.15. The average molecular weight is 599 g/mol. The van der Waals surface area contributed by atoms with Gasteiger partial charge in [0.25, 0.3) is 0 Å². The Morgan fingerprint density at radius 3 is 2.28 bits per heavy atom. The first-order chi connectivity index (χ1) is 20.4. The van der Waals surface area contributed by atoms with Gasteiger partial charge in [-0.15, -0.1) is 0 Å². The minimum absolute atomic E-state index is 0.0201. The van der Waals surface area contributed by atoms with E-state index in [1.807, 2.05) is 19.9 Å². The Labute approximate surface area is 257 Å². The minimum Gasteiger partial charge on any atom is -0.481 e.